The number of ether oxygens (including phenoxy) is 2. The second kappa shape index (κ2) is 7.95. The molecule has 0 saturated carbocycles. The van der Waals surface area contributed by atoms with Crippen molar-refractivity contribution in [2.45, 2.75) is 19.1 Å². The minimum Gasteiger partial charge on any atom is -0.493 e. The number of likely N-dealkylation sites (tertiary alicyclic amines) is 1. The van der Waals surface area contributed by atoms with Crippen molar-refractivity contribution in [2.75, 3.05) is 27.3 Å². The van der Waals surface area contributed by atoms with E-state index in [4.69, 9.17) is 26.1 Å². The number of fused-ring (bicyclic) bond motifs is 1. The quantitative estimate of drug-likeness (QED) is 0.700. The van der Waals surface area contributed by atoms with E-state index in [9.17, 15) is 5.11 Å². The van der Waals surface area contributed by atoms with E-state index in [1.54, 1.807) is 14.2 Å². The number of nitrogens with zero attached hydrogens (tertiary/aromatic N) is 2. The van der Waals surface area contributed by atoms with Crippen molar-refractivity contribution in [3.8, 4) is 22.8 Å². The van der Waals surface area contributed by atoms with Gasteiger partial charge in [-0.2, -0.15) is 0 Å². The van der Waals surface area contributed by atoms with E-state index in [1.165, 1.54) is 0 Å². The fourth-order valence-electron chi connectivity index (χ4n) is 3.75. The molecule has 2 heterocycles. The summed E-state index contributed by atoms with van der Waals surface area (Å²) in [5, 5.41) is 11.6. The van der Waals surface area contributed by atoms with Crippen LogP contribution in [0.15, 0.2) is 42.5 Å². The molecule has 0 bridgehead atoms. The molecule has 6 heteroatoms. The zero-order valence-corrected chi connectivity index (χ0v) is 16.7. The van der Waals surface area contributed by atoms with Gasteiger partial charge in [0.1, 0.15) is 0 Å². The first-order chi connectivity index (χ1) is 13.6. The van der Waals surface area contributed by atoms with E-state index < -0.39 is 0 Å². The summed E-state index contributed by atoms with van der Waals surface area (Å²) in [7, 11) is 3.25. The van der Waals surface area contributed by atoms with Gasteiger partial charge in [-0.1, -0.05) is 23.7 Å². The van der Waals surface area contributed by atoms with Gasteiger partial charge in [-0.25, -0.2) is 4.98 Å². The van der Waals surface area contributed by atoms with Crippen LogP contribution in [0.25, 0.3) is 22.2 Å². The lowest BCUT2D eigenvalue weighted by Gasteiger charge is -2.19. The second-order valence-electron chi connectivity index (χ2n) is 7.08. The highest BCUT2D eigenvalue weighted by Crippen LogP contribution is 2.35. The molecule has 28 heavy (non-hydrogen) atoms. The Hall–Kier alpha value is -2.34. The number of aliphatic hydroxyl groups excluding tert-OH is 1. The maximum atomic E-state index is 9.89. The molecule has 0 aliphatic carbocycles. The van der Waals surface area contributed by atoms with Crippen molar-refractivity contribution in [1.82, 2.24) is 9.88 Å². The molecule has 0 amide bonds. The summed E-state index contributed by atoms with van der Waals surface area (Å²) in [5.41, 5.74) is 3.79. The van der Waals surface area contributed by atoms with Crippen molar-refractivity contribution in [2.24, 2.45) is 0 Å². The first kappa shape index (κ1) is 19.0. The van der Waals surface area contributed by atoms with Gasteiger partial charge in [0.05, 0.1) is 31.5 Å². The molecule has 1 aliphatic rings. The summed E-state index contributed by atoms with van der Waals surface area (Å²) in [6.45, 7) is 2.27. The standard InChI is InChI=1S/C22H23ClN2O3/c1-27-20-10-15-8-16(12-25-7-6-18(26)13-25)22(14-4-3-5-17(23)9-14)24-19(15)11-21(20)28-2/h3-5,8-11,18,26H,6-7,12-13H2,1-2H3/t18-/m1/s1. The van der Waals surface area contributed by atoms with Crippen LogP contribution in [0.1, 0.15) is 12.0 Å². The molecule has 0 unspecified atom stereocenters. The molecule has 0 radical (unpaired) electrons. The molecular weight excluding hydrogens is 376 g/mol. The van der Waals surface area contributed by atoms with Crippen molar-refractivity contribution in [3.05, 3.63) is 53.1 Å². The van der Waals surface area contributed by atoms with Crippen molar-refractivity contribution < 1.29 is 14.6 Å². The number of pyridine rings is 1. The highest BCUT2D eigenvalue weighted by Gasteiger charge is 2.22. The maximum absolute atomic E-state index is 9.89. The summed E-state index contributed by atoms with van der Waals surface area (Å²) < 4.78 is 10.9. The van der Waals surface area contributed by atoms with Gasteiger partial charge < -0.3 is 14.6 Å². The Bertz CT molecular complexity index is 1010. The number of hydrogen-bond acceptors (Lipinski definition) is 5. The highest BCUT2D eigenvalue weighted by atomic mass is 35.5. The Kier molecular flexibility index (Phi) is 5.40. The molecule has 1 fully saturated rings. The van der Waals surface area contributed by atoms with Crippen LogP contribution in [0.4, 0.5) is 0 Å². The van der Waals surface area contributed by atoms with E-state index >= 15 is 0 Å². The first-order valence-electron chi connectivity index (χ1n) is 9.29. The smallest absolute Gasteiger partial charge is 0.162 e. The molecule has 146 valence electrons. The number of aliphatic hydroxyl groups is 1. The van der Waals surface area contributed by atoms with Crippen LogP contribution in [0.2, 0.25) is 5.02 Å². The fraction of sp³-hybridized carbons (Fsp3) is 0.318. The van der Waals surface area contributed by atoms with E-state index in [0.717, 1.165) is 47.2 Å². The third kappa shape index (κ3) is 3.78. The van der Waals surface area contributed by atoms with Gasteiger partial charge >= 0.3 is 0 Å². The zero-order valence-electron chi connectivity index (χ0n) is 16.0. The van der Waals surface area contributed by atoms with Gasteiger partial charge in [-0.3, -0.25) is 4.90 Å². The number of halogens is 1. The number of methoxy groups -OCH3 is 2. The number of rotatable bonds is 5. The molecule has 1 atom stereocenters. The zero-order chi connectivity index (χ0) is 19.7. The summed E-state index contributed by atoms with van der Waals surface area (Å²) in [4.78, 5) is 7.20. The van der Waals surface area contributed by atoms with Gasteiger partial charge in [0.15, 0.2) is 11.5 Å². The van der Waals surface area contributed by atoms with Crippen LogP contribution >= 0.6 is 11.6 Å². The molecule has 1 saturated heterocycles. The third-order valence-corrected chi connectivity index (χ3v) is 5.37. The van der Waals surface area contributed by atoms with Gasteiger partial charge in [-0.05, 0) is 36.2 Å². The SMILES string of the molecule is COc1cc2cc(CN3CC[C@@H](O)C3)c(-c3cccc(Cl)c3)nc2cc1OC. The molecular formula is C22H23ClN2O3. The van der Waals surface area contributed by atoms with E-state index in [2.05, 4.69) is 11.0 Å². The minimum absolute atomic E-state index is 0.257. The van der Waals surface area contributed by atoms with Crippen LogP contribution in [0, 0.1) is 0 Å². The monoisotopic (exact) mass is 398 g/mol. The Balaban J connectivity index is 1.86. The van der Waals surface area contributed by atoms with Crippen LogP contribution in [-0.4, -0.2) is 48.4 Å². The highest BCUT2D eigenvalue weighted by molar-refractivity contribution is 6.30. The van der Waals surface area contributed by atoms with Gasteiger partial charge in [0.2, 0.25) is 0 Å². The van der Waals surface area contributed by atoms with Gasteiger partial charge in [-0.15, -0.1) is 0 Å². The van der Waals surface area contributed by atoms with E-state index in [-0.39, 0.29) is 6.10 Å². The van der Waals surface area contributed by atoms with Gasteiger partial charge in [0, 0.05) is 41.7 Å². The number of aromatic nitrogens is 1. The lowest BCUT2D eigenvalue weighted by molar-refractivity contribution is 0.175. The number of benzene rings is 2. The first-order valence-corrected chi connectivity index (χ1v) is 9.67. The van der Waals surface area contributed by atoms with Crippen LogP contribution in [0.5, 0.6) is 11.5 Å². The fourth-order valence-corrected chi connectivity index (χ4v) is 3.94. The number of β-amino-alcohol motifs (C(OH)–C–C–N with tert-alkyl or cyclic N) is 1. The Morgan fingerprint density at radius 2 is 1.93 bits per heavy atom. The van der Waals surface area contributed by atoms with Gasteiger partial charge in [0.25, 0.3) is 0 Å². The van der Waals surface area contributed by atoms with Crippen LogP contribution < -0.4 is 9.47 Å². The Labute approximate surface area is 169 Å². The normalized spacial score (nSPS) is 17.2. The van der Waals surface area contributed by atoms with E-state index in [1.807, 2.05) is 36.4 Å². The number of hydrogen-bond donors (Lipinski definition) is 1. The Morgan fingerprint density at radius 1 is 1.14 bits per heavy atom. The second-order valence-corrected chi connectivity index (χ2v) is 7.52. The summed E-state index contributed by atoms with van der Waals surface area (Å²) in [5.74, 6) is 1.32. The molecule has 1 N–H and O–H groups in total. The minimum atomic E-state index is -0.257. The molecule has 2 aromatic carbocycles. The molecule has 5 nitrogen and oxygen atoms in total. The van der Waals surface area contributed by atoms with Crippen LogP contribution in [-0.2, 0) is 6.54 Å². The van der Waals surface area contributed by atoms with Crippen LogP contribution in [0.3, 0.4) is 0 Å². The largest absolute Gasteiger partial charge is 0.493 e. The lowest BCUT2D eigenvalue weighted by atomic mass is 10.0. The van der Waals surface area contributed by atoms with Crippen molar-refractivity contribution in [3.63, 3.8) is 0 Å². The summed E-state index contributed by atoms with van der Waals surface area (Å²) in [6.07, 6.45) is 0.547. The topological polar surface area (TPSA) is 54.8 Å². The predicted molar refractivity (Wildman–Crippen MR) is 111 cm³/mol. The maximum Gasteiger partial charge on any atom is 0.162 e. The summed E-state index contributed by atoms with van der Waals surface area (Å²) >= 11 is 6.23. The summed E-state index contributed by atoms with van der Waals surface area (Å²) in [6, 6.07) is 13.7. The van der Waals surface area contributed by atoms with Crippen molar-refractivity contribution in [1.29, 1.82) is 0 Å². The average molecular weight is 399 g/mol. The van der Waals surface area contributed by atoms with E-state index in [0.29, 0.717) is 23.1 Å². The lowest BCUT2D eigenvalue weighted by Crippen LogP contribution is -2.22. The third-order valence-electron chi connectivity index (χ3n) is 5.14. The molecule has 1 aliphatic heterocycles. The molecule has 4 rings (SSSR count). The van der Waals surface area contributed by atoms with Crippen molar-refractivity contribution >= 4 is 22.5 Å². The molecule has 1 aromatic heterocycles. The molecule has 3 aromatic rings. The molecule has 0 spiro atoms. The average Bonchev–Trinajstić information content (AvgIpc) is 3.11. The predicted octanol–water partition coefficient (Wildman–Crippen LogP) is 4.14. The Morgan fingerprint density at radius 3 is 2.61 bits per heavy atom.